The Bertz CT molecular complexity index is 553. The zero-order valence-corrected chi connectivity index (χ0v) is 12.0. The molecule has 1 amide bonds. The van der Waals surface area contributed by atoms with E-state index in [1.807, 2.05) is 46.7 Å². The number of amides is 1. The number of carbonyl (C=O) groups is 1. The maximum atomic E-state index is 12.2. The van der Waals surface area contributed by atoms with E-state index in [0.29, 0.717) is 19.7 Å². The largest absolute Gasteiger partial charge is 0.351 e. The van der Waals surface area contributed by atoms with Crippen LogP contribution in [0.1, 0.15) is 23.0 Å². The van der Waals surface area contributed by atoms with Crippen molar-refractivity contribution in [3.8, 4) is 0 Å². The van der Waals surface area contributed by atoms with Crippen molar-refractivity contribution in [3.63, 3.8) is 0 Å². The molecule has 3 nitrogen and oxygen atoms in total. The van der Waals surface area contributed by atoms with Gasteiger partial charge < -0.3 is 9.64 Å². The fourth-order valence-electron chi connectivity index (χ4n) is 2.37. The quantitative estimate of drug-likeness (QED) is 0.864. The Morgan fingerprint density at radius 1 is 1.25 bits per heavy atom. The topological polar surface area (TPSA) is 29.5 Å². The number of hydrogen-bond donors (Lipinski definition) is 0. The molecule has 4 heteroatoms. The van der Waals surface area contributed by atoms with Crippen LogP contribution in [0.5, 0.6) is 0 Å². The Balaban J connectivity index is 1.53. The third kappa shape index (κ3) is 3.08. The van der Waals surface area contributed by atoms with Crippen LogP contribution in [0.25, 0.3) is 0 Å². The SMILES string of the molecule is O=C(CCc1cccs1)N1COC(c2ccccc2)C1. The number of thiophene rings is 1. The molecule has 0 bridgehead atoms. The lowest BCUT2D eigenvalue weighted by Crippen LogP contribution is -2.28. The van der Waals surface area contributed by atoms with Crippen LogP contribution in [0, 0.1) is 0 Å². The summed E-state index contributed by atoms with van der Waals surface area (Å²) >= 11 is 1.70. The molecule has 0 aliphatic carbocycles. The number of nitrogens with zero attached hydrogens (tertiary/aromatic N) is 1. The first-order chi connectivity index (χ1) is 9.83. The summed E-state index contributed by atoms with van der Waals surface area (Å²) in [6, 6.07) is 14.2. The molecular weight excluding hydrogens is 270 g/mol. The van der Waals surface area contributed by atoms with Gasteiger partial charge in [-0.15, -0.1) is 11.3 Å². The van der Waals surface area contributed by atoms with E-state index >= 15 is 0 Å². The van der Waals surface area contributed by atoms with Gasteiger partial charge >= 0.3 is 0 Å². The molecule has 0 saturated carbocycles. The lowest BCUT2D eigenvalue weighted by Gasteiger charge is -2.13. The molecule has 1 unspecified atom stereocenters. The summed E-state index contributed by atoms with van der Waals surface area (Å²) in [7, 11) is 0. The van der Waals surface area contributed by atoms with Crippen molar-refractivity contribution in [3.05, 3.63) is 58.3 Å². The molecule has 1 aromatic carbocycles. The Morgan fingerprint density at radius 2 is 2.10 bits per heavy atom. The van der Waals surface area contributed by atoms with E-state index in [1.165, 1.54) is 4.88 Å². The standard InChI is InChI=1S/C16H17NO2S/c18-16(9-8-14-7-4-10-20-14)17-11-15(19-12-17)13-5-2-1-3-6-13/h1-7,10,15H,8-9,11-12H2. The minimum atomic E-state index is 0.0156. The second-order valence-corrected chi connectivity index (χ2v) is 5.92. The van der Waals surface area contributed by atoms with Crippen LogP contribution in [-0.4, -0.2) is 24.1 Å². The molecule has 0 N–H and O–H groups in total. The smallest absolute Gasteiger partial charge is 0.224 e. The van der Waals surface area contributed by atoms with Gasteiger partial charge in [0.1, 0.15) is 12.8 Å². The predicted molar refractivity (Wildman–Crippen MR) is 79.5 cm³/mol. The summed E-state index contributed by atoms with van der Waals surface area (Å²) < 4.78 is 5.72. The van der Waals surface area contributed by atoms with Crippen LogP contribution in [0.4, 0.5) is 0 Å². The van der Waals surface area contributed by atoms with Crippen LogP contribution in [0.3, 0.4) is 0 Å². The number of ether oxygens (including phenoxy) is 1. The highest BCUT2D eigenvalue weighted by molar-refractivity contribution is 7.09. The minimum absolute atomic E-state index is 0.0156. The summed E-state index contributed by atoms with van der Waals surface area (Å²) in [6.45, 7) is 1.07. The normalized spacial score (nSPS) is 18.4. The number of aryl methyl sites for hydroxylation is 1. The van der Waals surface area contributed by atoms with E-state index in [0.717, 1.165) is 12.0 Å². The molecule has 1 aliphatic rings. The second kappa shape index (κ2) is 6.20. The Labute approximate surface area is 122 Å². The first-order valence-electron chi connectivity index (χ1n) is 6.79. The Morgan fingerprint density at radius 3 is 2.85 bits per heavy atom. The van der Waals surface area contributed by atoms with E-state index in [9.17, 15) is 4.79 Å². The molecule has 2 aromatic rings. The summed E-state index contributed by atoms with van der Waals surface area (Å²) in [5.74, 6) is 0.178. The van der Waals surface area contributed by atoms with Gasteiger partial charge in [0.2, 0.25) is 5.91 Å². The van der Waals surface area contributed by atoms with E-state index in [4.69, 9.17) is 4.74 Å². The molecule has 0 spiro atoms. The van der Waals surface area contributed by atoms with Crippen LogP contribution >= 0.6 is 11.3 Å². The van der Waals surface area contributed by atoms with Gasteiger partial charge in [0.25, 0.3) is 0 Å². The maximum Gasteiger partial charge on any atom is 0.224 e. The summed E-state index contributed by atoms with van der Waals surface area (Å²) in [5, 5.41) is 2.05. The summed E-state index contributed by atoms with van der Waals surface area (Å²) in [6.07, 6.45) is 1.40. The number of hydrogen-bond acceptors (Lipinski definition) is 3. The molecule has 1 fully saturated rings. The van der Waals surface area contributed by atoms with Crippen molar-refractivity contribution in [2.45, 2.75) is 18.9 Å². The molecule has 0 radical (unpaired) electrons. The zero-order chi connectivity index (χ0) is 13.8. The first kappa shape index (κ1) is 13.3. The molecule has 20 heavy (non-hydrogen) atoms. The lowest BCUT2D eigenvalue weighted by molar-refractivity contribution is -0.131. The molecular formula is C16H17NO2S. The average molecular weight is 287 g/mol. The molecule has 2 heterocycles. The van der Waals surface area contributed by atoms with E-state index < -0.39 is 0 Å². The van der Waals surface area contributed by atoms with Gasteiger partial charge in [0.05, 0.1) is 6.54 Å². The molecule has 1 saturated heterocycles. The number of carbonyl (C=O) groups excluding carboxylic acids is 1. The monoisotopic (exact) mass is 287 g/mol. The number of rotatable bonds is 4. The summed E-state index contributed by atoms with van der Waals surface area (Å²) in [5.41, 5.74) is 1.14. The highest BCUT2D eigenvalue weighted by Gasteiger charge is 2.27. The Hall–Kier alpha value is -1.65. The maximum absolute atomic E-state index is 12.2. The van der Waals surface area contributed by atoms with E-state index in [1.54, 1.807) is 11.3 Å². The van der Waals surface area contributed by atoms with Gasteiger partial charge in [0, 0.05) is 11.3 Å². The van der Waals surface area contributed by atoms with Gasteiger partial charge in [-0.2, -0.15) is 0 Å². The van der Waals surface area contributed by atoms with Crippen LogP contribution in [-0.2, 0) is 16.0 Å². The first-order valence-corrected chi connectivity index (χ1v) is 7.67. The van der Waals surface area contributed by atoms with Crippen molar-refractivity contribution in [2.75, 3.05) is 13.3 Å². The van der Waals surface area contributed by atoms with Gasteiger partial charge in [-0.25, -0.2) is 0 Å². The molecule has 104 valence electrons. The third-order valence-electron chi connectivity index (χ3n) is 3.51. The average Bonchev–Trinajstić information content (AvgIpc) is 3.17. The lowest BCUT2D eigenvalue weighted by atomic mass is 10.1. The Kier molecular flexibility index (Phi) is 4.14. The summed E-state index contributed by atoms with van der Waals surface area (Å²) in [4.78, 5) is 15.2. The zero-order valence-electron chi connectivity index (χ0n) is 11.2. The van der Waals surface area contributed by atoms with E-state index in [2.05, 4.69) is 6.07 Å². The predicted octanol–water partition coefficient (Wildman–Crippen LogP) is 3.24. The molecule has 1 aromatic heterocycles. The van der Waals surface area contributed by atoms with Crippen molar-refractivity contribution in [1.29, 1.82) is 0 Å². The van der Waals surface area contributed by atoms with Gasteiger partial charge in [-0.3, -0.25) is 4.79 Å². The molecule has 1 aliphatic heterocycles. The van der Waals surface area contributed by atoms with Crippen molar-refractivity contribution >= 4 is 17.2 Å². The second-order valence-electron chi connectivity index (χ2n) is 4.89. The highest BCUT2D eigenvalue weighted by atomic mass is 32.1. The highest BCUT2D eigenvalue weighted by Crippen LogP contribution is 2.25. The van der Waals surface area contributed by atoms with Gasteiger partial charge in [0.15, 0.2) is 0 Å². The van der Waals surface area contributed by atoms with Crippen LogP contribution < -0.4 is 0 Å². The van der Waals surface area contributed by atoms with Gasteiger partial charge in [-0.1, -0.05) is 36.4 Å². The number of benzene rings is 1. The minimum Gasteiger partial charge on any atom is -0.351 e. The molecule has 3 rings (SSSR count). The van der Waals surface area contributed by atoms with Crippen molar-refractivity contribution in [1.82, 2.24) is 4.90 Å². The van der Waals surface area contributed by atoms with Crippen LogP contribution in [0.15, 0.2) is 47.8 Å². The molecule has 1 atom stereocenters. The van der Waals surface area contributed by atoms with Crippen molar-refractivity contribution < 1.29 is 9.53 Å². The van der Waals surface area contributed by atoms with E-state index in [-0.39, 0.29) is 12.0 Å². The van der Waals surface area contributed by atoms with Crippen LogP contribution in [0.2, 0.25) is 0 Å². The van der Waals surface area contributed by atoms with Crippen molar-refractivity contribution in [2.24, 2.45) is 0 Å². The third-order valence-corrected chi connectivity index (χ3v) is 4.44. The fraction of sp³-hybridized carbons (Fsp3) is 0.312. The fourth-order valence-corrected chi connectivity index (χ4v) is 3.08. The van der Waals surface area contributed by atoms with Gasteiger partial charge in [-0.05, 0) is 23.4 Å².